The predicted octanol–water partition coefficient (Wildman–Crippen LogP) is 4.79. The number of nitrogens with one attached hydrogen (secondary N) is 3. The molecule has 0 fully saturated rings. The number of Topliss-reactive ketones (excluding diaryl/α,β-unsaturated/α-hetero) is 1. The largest absolute Gasteiger partial charge is 0.460 e. The molecule has 0 aliphatic heterocycles. The molecule has 0 saturated heterocycles. The van der Waals surface area contributed by atoms with Gasteiger partial charge in [-0.1, -0.05) is 65.8 Å². The van der Waals surface area contributed by atoms with Crippen molar-refractivity contribution in [2.24, 2.45) is 17.1 Å². The van der Waals surface area contributed by atoms with Gasteiger partial charge in [0.15, 0.2) is 5.78 Å². The van der Waals surface area contributed by atoms with Crippen LogP contribution in [0.15, 0.2) is 24.3 Å². The first kappa shape index (κ1) is 36.1. The summed E-state index contributed by atoms with van der Waals surface area (Å²) in [5.74, 6) is -0.514. The topological polar surface area (TPSA) is 140 Å². The highest BCUT2D eigenvalue weighted by Gasteiger charge is 2.33. The number of urea groups is 1. The summed E-state index contributed by atoms with van der Waals surface area (Å²) in [5, 5.41) is 9.05. The van der Waals surface area contributed by atoms with Crippen LogP contribution in [-0.4, -0.2) is 47.9 Å². The van der Waals surface area contributed by atoms with Crippen molar-refractivity contribution in [3.05, 3.63) is 35.4 Å². The van der Waals surface area contributed by atoms with E-state index in [9.17, 15) is 19.2 Å². The molecule has 1 aromatic rings. The van der Waals surface area contributed by atoms with Crippen molar-refractivity contribution in [1.82, 2.24) is 16.0 Å². The minimum atomic E-state index is -0.712. The van der Waals surface area contributed by atoms with E-state index in [1.165, 1.54) is 0 Å². The molecule has 9 nitrogen and oxygen atoms in total. The molecule has 41 heavy (non-hydrogen) atoms. The molecule has 0 spiro atoms. The summed E-state index contributed by atoms with van der Waals surface area (Å²) >= 11 is 0. The van der Waals surface area contributed by atoms with E-state index in [2.05, 4.69) is 36.7 Å². The fourth-order valence-corrected chi connectivity index (χ4v) is 4.40. The predicted molar refractivity (Wildman–Crippen MR) is 163 cm³/mol. The average molecular weight is 575 g/mol. The number of hydrogen-bond acceptors (Lipinski definition) is 6. The van der Waals surface area contributed by atoms with E-state index < -0.39 is 23.5 Å². The Morgan fingerprint density at radius 1 is 0.902 bits per heavy atom. The van der Waals surface area contributed by atoms with Gasteiger partial charge < -0.3 is 26.4 Å². The molecule has 0 heterocycles. The van der Waals surface area contributed by atoms with Gasteiger partial charge in [-0.05, 0) is 69.4 Å². The van der Waals surface area contributed by atoms with Crippen LogP contribution in [0.25, 0.3) is 0 Å². The van der Waals surface area contributed by atoms with Crippen LogP contribution in [0.5, 0.6) is 0 Å². The van der Waals surface area contributed by atoms with E-state index in [4.69, 9.17) is 10.5 Å². The average Bonchev–Trinajstić information content (AvgIpc) is 2.95. The van der Waals surface area contributed by atoms with E-state index in [1.54, 1.807) is 0 Å². The lowest BCUT2D eigenvalue weighted by Crippen LogP contribution is -2.58. The second-order valence-electron chi connectivity index (χ2n) is 11.9. The Hall–Kier alpha value is -2.94. The van der Waals surface area contributed by atoms with Crippen molar-refractivity contribution < 1.29 is 23.9 Å². The standard InChI is InChI=1S/C32H54N4O5/c1-9-31(7,10-2)29(39)41-21-24-17-15-23(16-18-24)20-26(37)25(14-13-19-34-30(33)40)35-28(38)27(22(5)6)36-32(8,11-3)12-4/h15-18,22,25,27,36H,9-14,19-21H2,1-8H3,(H,35,38)(H3,33,34,40)/t25-,27-/m0/s1. The molecule has 0 unspecified atom stereocenters. The van der Waals surface area contributed by atoms with Gasteiger partial charge in [-0.3, -0.25) is 14.4 Å². The van der Waals surface area contributed by atoms with Crippen molar-refractivity contribution in [1.29, 1.82) is 0 Å². The molecule has 1 rings (SSSR count). The molecule has 0 aliphatic rings. The van der Waals surface area contributed by atoms with Crippen LogP contribution in [0, 0.1) is 11.3 Å². The summed E-state index contributed by atoms with van der Waals surface area (Å²) in [6.45, 7) is 16.6. The number of carbonyl (C=O) groups is 4. The number of ketones is 1. The molecule has 0 aliphatic carbocycles. The van der Waals surface area contributed by atoms with Crippen molar-refractivity contribution >= 4 is 23.7 Å². The van der Waals surface area contributed by atoms with Gasteiger partial charge in [-0.2, -0.15) is 0 Å². The lowest BCUT2D eigenvalue weighted by atomic mass is 9.85. The Labute approximate surface area is 247 Å². The maximum Gasteiger partial charge on any atom is 0.312 e. The summed E-state index contributed by atoms with van der Waals surface area (Å²) < 4.78 is 5.54. The molecular formula is C32H54N4O5. The van der Waals surface area contributed by atoms with Gasteiger partial charge in [-0.15, -0.1) is 0 Å². The summed E-state index contributed by atoms with van der Waals surface area (Å²) in [6.07, 6.45) is 4.16. The van der Waals surface area contributed by atoms with Gasteiger partial charge in [0.1, 0.15) is 6.61 Å². The molecule has 9 heteroatoms. The number of benzene rings is 1. The Kier molecular flexibility index (Phi) is 15.1. The number of carbonyl (C=O) groups excluding carboxylic acids is 4. The number of primary amides is 1. The molecule has 0 radical (unpaired) electrons. The normalized spacial score (nSPS) is 13.4. The molecule has 0 saturated carbocycles. The zero-order valence-corrected chi connectivity index (χ0v) is 26.5. The SMILES string of the molecule is CCC(C)(CC)N[C@H](C(=O)N[C@@H](CCCNC(N)=O)C(=O)Cc1ccc(COC(=O)C(C)(CC)CC)cc1)C(C)C. The van der Waals surface area contributed by atoms with Gasteiger partial charge in [0.25, 0.3) is 0 Å². The Bertz CT molecular complexity index is 984. The number of nitrogens with two attached hydrogens (primary N) is 1. The van der Waals surface area contributed by atoms with Crippen LogP contribution in [0.1, 0.15) is 105 Å². The number of esters is 1. The van der Waals surface area contributed by atoms with Crippen molar-refractivity contribution in [3.63, 3.8) is 0 Å². The van der Waals surface area contributed by atoms with Crippen LogP contribution < -0.4 is 21.7 Å². The van der Waals surface area contributed by atoms with E-state index in [0.29, 0.717) is 32.2 Å². The third kappa shape index (κ3) is 11.8. The van der Waals surface area contributed by atoms with Gasteiger partial charge in [0.05, 0.1) is 17.5 Å². The van der Waals surface area contributed by atoms with Gasteiger partial charge in [-0.25, -0.2) is 4.79 Å². The number of hydrogen-bond donors (Lipinski definition) is 4. The highest BCUT2D eigenvalue weighted by molar-refractivity contribution is 5.92. The molecule has 0 aromatic heterocycles. The monoisotopic (exact) mass is 574 g/mol. The second kappa shape index (κ2) is 17.1. The fraction of sp³-hybridized carbons (Fsp3) is 0.688. The molecule has 2 atom stereocenters. The van der Waals surface area contributed by atoms with Gasteiger partial charge >= 0.3 is 12.0 Å². The van der Waals surface area contributed by atoms with Crippen LogP contribution in [-0.2, 0) is 32.1 Å². The smallest absolute Gasteiger partial charge is 0.312 e. The Morgan fingerprint density at radius 3 is 1.95 bits per heavy atom. The van der Waals surface area contributed by atoms with Crippen molar-refractivity contribution in [3.8, 4) is 0 Å². The molecule has 232 valence electrons. The summed E-state index contributed by atoms with van der Waals surface area (Å²) in [7, 11) is 0. The van der Waals surface area contributed by atoms with Crippen molar-refractivity contribution in [2.45, 2.75) is 125 Å². The maximum absolute atomic E-state index is 13.4. The van der Waals surface area contributed by atoms with Gasteiger partial charge in [0.2, 0.25) is 5.91 Å². The first-order chi connectivity index (χ1) is 19.2. The van der Waals surface area contributed by atoms with Crippen molar-refractivity contribution in [2.75, 3.05) is 6.54 Å². The minimum absolute atomic E-state index is 0.0221. The molecular weight excluding hydrogens is 520 g/mol. The summed E-state index contributed by atoms with van der Waals surface area (Å²) in [5.41, 5.74) is 6.13. The van der Waals surface area contributed by atoms with Crippen LogP contribution in [0.2, 0.25) is 0 Å². The summed E-state index contributed by atoms with van der Waals surface area (Å²) in [6, 6.07) is 5.60. The molecule has 0 bridgehead atoms. The maximum atomic E-state index is 13.4. The number of amides is 3. The fourth-order valence-electron chi connectivity index (χ4n) is 4.40. The van der Waals surface area contributed by atoms with E-state index >= 15 is 0 Å². The zero-order valence-electron chi connectivity index (χ0n) is 26.5. The zero-order chi connectivity index (χ0) is 31.2. The summed E-state index contributed by atoms with van der Waals surface area (Å²) in [4.78, 5) is 50.4. The molecule has 3 amide bonds. The molecule has 5 N–H and O–H groups in total. The highest BCUT2D eigenvalue weighted by Crippen LogP contribution is 2.27. The van der Waals surface area contributed by atoms with Crippen LogP contribution in [0.3, 0.4) is 0 Å². The van der Waals surface area contributed by atoms with E-state index in [1.807, 2.05) is 58.9 Å². The molecule has 1 aromatic carbocycles. The number of rotatable bonds is 19. The Balaban J connectivity index is 2.96. The third-order valence-corrected chi connectivity index (χ3v) is 8.51. The quantitative estimate of drug-likeness (QED) is 0.138. The van der Waals surface area contributed by atoms with E-state index in [0.717, 1.165) is 24.0 Å². The lowest BCUT2D eigenvalue weighted by molar-refractivity contribution is -0.156. The van der Waals surface area contributed by atoms with Crippen LogP contribution >= 0.6 is 0 Å². The van der Waals surface area contributed by atoms with E-state index in [-0.39, 0.29) is 42.1 Å². The Morgan fingerprint density at radius 2 is 1.46 bits per heavy atom. The first-order valence-electron chi connectivity index (χ1n) is 15.1. The second-order valence-corrected chi connectivity index (χ2v) is 11.9. The number of ether oxygens (including phenoxy) is 1. The lowest BCUT2D eigenvalue weighted by Gasteiger charge is -2.35. The van der Waals surface area contributed by atoms with Gasteiger partial charge in [0, 0.05) is 18.5 Å². The minimum Gasteiger partial charge on any atom is -0.460 e. The highest BCUT2D eigenvalue weighted by atomic mass is 16.5. The van der Waals surface area contributed by atoms with Crippen LogP contribution in [0.4, 0.5) is 4.79 Å². The first-order valence-corrected chi connectivity index (χ1v) is 15.1. The third-order valence-electron chi connectivity index (χ3n) is 8.51.